The minimum atomic E-state index is -4.63. The zero-order valence-corrected chi connectivity index (χ0v) is 17.5. The number of hydrogen-bond acceptors (Lipinski definition) is 6. The Morgan fingerprint density at radius 2 is 1.85 bits per heavy atom. The molecule has 1 unspecified atom stereocenters. The molecule has 2 N–H and O–H groups in total. The molecule has 8 nitrogen and oxygen atoms in total. The third-order valence-corrected chi connectivity index (χ3v) is 6.47. The van der Waals surface area contributed by atoms with E-state index in [1.807, 2.05) is 4.90 Å². The molecule has 1 spiro atoms. The van der Waals surface area contributed by atoms with E-state index in [2.05, 4.69) is 9.97 Å². The van der Waals surface area contributed by atoms with Crippen molar-refractivity contribution in [1.82, 2.24) is 14.9 Å². The van der Waals surface area contributed by atoms with E-state index in [-0.39, 0.29) is 11.2 Å². The number of anilines is 1. The summed E-state index contributed by atoms with van der Waals surface area (Å²) in [6, 6.07) is 6.07. The fraction of sp³-hybridized carbons (Fsp3) is 0.409. The second kappa shape index (κ2) is 8.35. The van der Waals surface area contributed by atoms with Crippen molar-refractivity contribution in [3.63, 3.8) is 0 Å². The number of nitriles is 1. The van der Waals surface area contributed by atoms with Crippen LogP contribution in [0.1, 0.15) is 41.0 Å². The van der Waals surface area contributed by atoms with E-state index in [4.69, 9.17) is 11.0 Å². The third kappa shape index (κ3) is 4.33. The van der Waals surface area contributed by atoms with Crippen LogP contribution in [0, 0.1) is 16.7 Å². The van der Waals surface area contributed by atoms with Crippen LogP contribution >= 0.6 is 0 Å². The first-order valence-corrected chi connectivity index (χ1v) is 10.4. The molecule has 2 aliphatic rings. The van der Waals surface area contributed by atoms with Gasteiger partial charge in [0.1, 0.15) is 6.04 Å². The van der Waals surface area contributed by atoms with Gasteiger partial charge in [0.15, 0.2) is 0 Å². The molecule has 0 bridgehead atoms. The number of likely N-dealkylation sites (tertiary alicyclic amines) is 1. The number of piperidine rings is 1. The molecule has 0 radical (unpaired) electrons. The molecule has 2 saturated heterocycles. The first kappa shape index (κ1) is 22.5. The summed E-state index contributed by atoms with van der Waals surface area (Å²) < 4.78 is 40.0. The second-order valence-electron chi connectivity index (χ2n) is 8.45. The molecule has 33 heavy (non-hydrogen) atoms. The maximum Gasteiger partial charge on any atom is 0.417 e. The van der Waals surface area contributed by atoms with Crippen molar-refractivity contribution in [2.75, 3.05) is 24.5 Å². The molecule has 11 heteroatoms. The fourth-order valence-corrected chi connectivity index (χ4v) is 4.72. The number of benzene rings is 1. The van der Waals surface area contributed by atoms with Crippen LogP contribution in [0.2, 0.25) is 0 Å². The topological polar surface area (TPSA) is 116 Å². The van der Waals surface area contributed by atoms with Crippen molar-refractivity contribution >= 4 is 17.5 Å². The number of alkyl halides is 3. The van der Waals surface area contributed by atoms with Gasteiger partial charge in [-0.25, -0.2) is 9.97 Å². The highest BCUT2D eigenvalue weighted by Gasteiger charge is 2.49. The number of carbonyl (C=O) groups excluding carboxylic acids is 2. The van der Waals surface area contributed by atoms with Gasteiger partial charge in [-0.15, -0.1) is 0 Å². The zero-order valence-electron chi connectivity index (χ0n) is 17.5. The van der Waals surface area contributed by atoms with Crippen molar-refractivity contribution in [2.24, 2.45) is 11.1 Å². The number of nitrogens with two attached hydrogens (primary N) is 1. The SMILES string of the molecule is N#Cc1ccc(N2CCC3(CC2)CC(C(N)=O)N(C(=O)c2ncccn2)C3)cc1C(F)(F)F. The highest BCUT2D eigenvalue weighted by molar-refractivity contribution is 5.95. The first-order valence-electron chi connectivity index (χ1n) is 10.4. The molecule has 2 fully saturated rings. The quantitative estimate of drug-likeness (QED) is 0.755. The van der Waals surface area contributed by atoms with Crippen LogP contribution in [0.5, 0.6) is 0 Å². The molecule has 1 atom stereocenters. The fourth-order valence-electron chi connectivity index (χ4n) is 4.72. The molecule has 2 aliphatic heterocycles. The number of aromatic nitrogens is 2. The van der Waals surface area contributed by atoms with E-state index in [9.17, 15) is 22.8 Å². The van der Waals surface area contributed by atoms with Gasteiger partial charge in [-0.3, -0.25) is 9.59 Å². The molecule has 0 saturated carbocycles. The highest BCUT2D eigenvalue weighted by Crippen LogP contribution is 2.45. The Bertz CT molecular complexity index is 1110. The highest BCUT2D eigenvalue weighted by atomic mass is 19.4. The van der Waals surface area contributed by atoms with Crippen molar-refractivity contribution in [1.29, 1.82) is 5.26 Å². The summed E-state index contributed by atoms with van der Waals surface area (Å²) in [4.78, 5) is 36.2. The predicted octanol–water partition coefficient (Wildman–Crippen LogP) is 2.35. The van der Waals surface area contributed by atoms with Crippen LogP contribution in [0.15, 0.2) is 36.7 Å². The van der Waals surface area contributed by atoms with E-state index in [0.717, 1.165) is 6.07 Å². The molecule has 2 amide bonds. The number of halogens is 3. The van der Waals surface area contributed by atoms with Gasteiger partial charge in [0.2, 0.25) is 11.7 Å². The van der Waals surface area contributed by atoms with Gasteiger partial charge >= 0.3 is 6.18 Å². The summed E-state index contributed by atoms with van der Waals surface area (Å²) in [5.41, 5.74) is 4.21. The molecule has 1 aromatic carbocycles. The monoisotopic (exact) mass is 458 g/mol. The van der Waals surface area contributed by atoms with Crippen LogP contribution in [0.3, 0.4) is 0 Å². The van der Waals surface area contributed by atoms with E-state index < -0.39 is 35.2 Å². The van der Waals surface area contributed by atoms with E-state index >= 15 is 0 Å². The van der Waals surface area contributed by atoms with Crippen LogP contribution < -0.4 is 10.6 Å². The van der Waals surface area contributed by atoms with Gasteiger partial charge in [-0.2, -0.15) is 18.4 Å². The number of rotatable bonds is 3. The lowest BCUT2D eigenvalue weighted by Crippen LogP contribution is -2.44. The van der Waals surface area contributed by atoms with E-state index in [1.54, 1.807) is 12.1 Å². The summed E-state index contributed by atoms with van der Waals surface area (Å²) in [5.74, 6) is -1.10. The Balaban J connectivity index is 1.52. The van der Waals surface area contributed by atoms with Crippen LogP contribution in [-0.4, -0.2) is 52.4 Å². The smallest absolute Gasteiger partial charge is 0.371 e. The summed E-state index contributed by atoms with van der Waals surface area (Å²) in [6.45, 7) is 1.18. The summed E-state index contributed by atoms with van der Waals surface area (Å²) in [6.07, 6.45) is -0.225. The van der Waals surface area contributed by atoms with Crippen LogP contribution in [0.4, 0.5) is 18.9 Å². The van der Waals surface area contributed by atoms with Gasteiger partial charge in [-0.05, 0) is 48.9 Å². The number of nitrogens with zero attached hydrogens (tertiary/aromatic N) is 5. The van der Waals surface area contributed by atoms with Gasteiger partial charge in [-0.1, -0.05) is 0 Å². The minimum Gasteiger partial charge on any atom is -0.371 e. The summed E-state index contributed by atoms with van der Waals surface area (Å²) in [7, 11) is 0. The van der Waals surface area contributed by atoms with Gasteiger partial charge < -0.3 is 15.5 Å². The third-order valence-electron chi connectivity index (χ3n) is 6.47. The summed E-state index contributed by atoms with van der Waals surface area (Å²) >= 11 is 0. The molecule has 4 rings (SSSR count). The molecular weight excluding hydrogens is 437 g/mol. The molecule has 0 aliphatic carbocycles. The standard InChI is InChI=1S/C22H21F3N6O2/c23-22(24,25)16-10-15(3-2-14(16)12-26)30-8-4-21(5-9-30)11-17(18(27)32)31(13-21)20(33)19-28-6-1-7-29-19/h1-3,6-7,10,17H,4-5,8-9,11,13H2,(H2,27,32). The van der Waals surface area contributed by atoms with Gasteiger partial charge in [0.05, 0.1) is 17.2 Å². The predicted molar refractivity (Wildman–Crippen MR) is 111 cm³/mol. The summed E-state index contributed by atoms with van der Waals surface area (Å²) in [5, 5.41) is 9.00. The maximum absolute atomic E-state index is 13.3. The number of hydrogen-bond donors (Lipinski definition) is 1. The second-order valence-corrected chi connectivity index (χ2v) is 8.45. The van der Waals surface area contributed by atoms with Gasteiger partial charge in [0, 0.05) is 37.7 Å². The lowest BCUT2D eigenvalue weighted by atomic mass is 9.76. The van der Waals surface area contributed by atoms with Crippen LogP contribution in [-0.2, 0) is 11.0 Å². The minimum absolute atomic E-state index is 0.0181. The normalized spacial score (nSPS) is 20.0. The van der Waals surface area contributed by atoms with E-state index in [0.29, 0.717) is 44.6 Å². The van der Waals surface area contributed by atoms with Crippen molar-refractivity contribution in [3.05, 3.63) is 53.6 Å². The van der Waals surface area contributed by atoms with Crippen molar-refractivity contribution in [3.8, 4) is 6.07 Å². The number of amides is 2. The molecule has 2 aromatic rings. The van der Waals surface area contributed by atoms with Crippen molar-refractivity contribution < 1.29 is 22.8 Å². The molecule has 172 valence electrons. The number of carbonyl (C=O) groups is 2. The molecule has 1 aromatic heterocycles. The average molecular weight is 458 g/mol. The first-order chi connectivity index (χ1) is 15.6. The Morgan fingerprint density at radius 3 is 2.42 bits per heavy atom. The average Bonchev–Trinajstić information content (AvgIpc) is 3.18. The zero-order chi connectivity index (χ0) is 23.8. The van der Waals surface area contributed by atoms with Crippen LogP contribution in [0.25, 0.3) is 0 Å². The molecule has 3 heterocycles. The Kier molecular flexibility index (Phi) is 5.69. The largest absolute Gasteiger partial charge is 0.417 e. The Hall–Kier alpha value is -3.68. The van der Waals surface area contributed by atoms with Gasteiger partial charge in [0.25, 0.3) is 5.91 Å². The Labute approximate surface area is 187 Å². The molecular formula is C22H21F3N6O2. The van der Waals surface area contributed by atoms with Crippen molar-refractivity contribution in [2.45, 2.75) is 31.5 Å². The van der Waals surface area contributed by atoms with E-state index in [1.165, 1.54) is 29.4 Å². The lowest BCUT2D eigenvalue weighted by molar-refractivity contribution is -0.137. The Morgan fingerprint density at radius 1 is 1.18 bits per heavy atom. The number of primary amides is 1. The maximum atomic E-state index is 13.3. The lowest BCUT2D eigenvalue weighted by Gasteiger charge is -2.40.